The van der Waals surface area contributed by atoms with Crippen molar-refractivity contribution >= 4 is 0 Å². The summed E-state index contributed by atoms with van der Waals surface area (Å²) in [6, 6.07) is 0. The smallest absolute Gasteiger partial charge is 0.334 e. The second kappa shape index (κ2) is 4.12. The van der Waals surface area contributed by atoms with Crippen LogP contribution in [0, 0.1) is 0 Å². The number of hydrogen-bond donors (Lipinski definition) is 1. The summed E-state index contributed by atoms with van der Waals surface area (Å²) >= 11 is 0. The zero-order chi connectivity index (χ0) is 10.8. The molecule has 0 bridgehead atoms. The number of alkyl halides is 7. The molecule has 0 aromatic carbocycles. The van der Waals surface area contributed by atoms with E-state index in [1.807, 2.05) is 0 Å². The molecule has 80 valence electrons. The summed E-state index contributed by atoms with van der Waals surface area (Å²) in [7, 11) is 0. The number of hydrogen-bond acceptors (Lipinski definition) is 1. The molecule has 0 amide bonds. The molecule has 0 saturated heterocycles. The summed E-state index contributed by atoms with van der Waals surface area (Å²) < 4.78 is 81.6. The van der Waals surface area contributed by atoms with Crippen LogP contribution >= 0.6 is 0 Å². The average molecular weight is 214 g/mol. The predicted octanol–water partition coefficient (Wildman–Crippen LogP) is 1.85. The fourth-order valence-corrected chi connectivity index (χ4v) is 0.492. The summed E-state index contributed by atoms with van der Waals surface area (Å²) in [5.41, 5.74) is 0. The van der Waals surface area contributed by atoms with E-state index in [1.54, 1.807) is 0 Å². The second-order valence-corrected chi connectivity index (χ2v) is 2.21. The van der Waals surface area contributed by atoms with Crippen molar-refractivity contribution in [3.05, 3.63) is 0 Å². The number of rotatable bonds is 4. The molecule has 13 heavy (non-hydrogen) atoms. The monoisotopic (exact) mass is 214 g/mol. The highest BCUT2D eigenvalue weighted by Gasteiger charge is 2.49. The van der Waals surface area contributed by atoms with Crippen LogP contribution in [-0.4, -0.2) is 36.2 Å². The number of aliphatic hydroxyl groups is 1. The molecule has 1 N–H and O–H groups in total. The Morgan fingerprint density at radius 3 is 1.46 bits per heavy atom. The van der Waals surface area contributed by atoms with Gasteiger partial charge in [0.15, 0.2) is 12.3 Å². The van der Waals surface area contributed by atoms with Gasteiger partial charge in [-0.1, -0.05) is 0 Å². The van der Waals surface area contributed by atoms with Crippen LogP contribution in [0.4, 0.5) is 30.7 Å². The van der Waals surface area contributed by atoms with E-state index in [1.165, 1.54) is 0 Å². The van der Waals surface area contributed by atoms with Crippen molar-refractivity contribution in [3.63, 3.8) is 0 Å². The quantitative estimate of drug-likeness (QED) is 0.708. The molecule has 0 rings (SSSR count). The molecule has 0 aliphatic heterocycles. The van der Waals surface area contributed by atoms with E-state index in [0.717, 1.165) is 0 Å². The molecule has 0 aliphatic rings. The molecule has 1 nitrogen and oxygen atoms in total. The fourth-order valence-electron chi connectivity index (χ4n) is 0.492. The largest absolute Gasteiger partial charge is 0.387 e. The van der Waals surface area contributed by atoms with Crippen molar-refractivity contribution in [2.75, 3.05) is 0 Å². The molecule has 3 unspecified atom stereocenters. The Hall–Kier alpha value is -0.530. The Balaban J connectivity index is 4.34. The fraction of sp³-hybridized carbons (Fsp3) is 1.00. The van der Waals surface area contributed by atoms with Crippen LogP contribution in [-0.2, 0) is 0 Å². The first kappa shape index (κ1) is 12.5. The van der Waals surface area contributed by atoms with Gasteiger partial charge >= 0.3 is 6.11 Å². The van der Waals surface area contributed by atoms with Gasteiger partial charge in [0.05, 0.1) is 0 Å². The molecule has 0 fully saturated rings. The summed E-state index contributed by atoms with van der Waals surface area (Å²) in [5, 5.41) is 7.53. The van der Waals surface area contributed by atoms with E-state index in [4.69, 9.17) is 5.11 Å². The van der Waals surface area contributed by atoms with Crippen molar-refractivity contribution in [1.82, 2.24) is 0 Å². The minimum absolute atomic E-state index is 3.69. The van der Waals surface area contributed by atoms with Crippen molar-refractivity contribution in [2.24, 2.45) is 0 Å². The molecule has 0 saturated carbocycles. The molecule has 0 aromatic heterocycles. The van der Waals surface area contributed by atoms with Gasteiger partial charge in [0.1, 0.15) is 0 Å². The van der Waals surface area contributed by atoms with Crippen molar-refractivity contribution in [2.45, 2.75) is 31.0 Å². The third-order valence-corrected chi connectivity index (χ3v) is 1.16. The second-order valence-electron chi connectivity index (χ2n) is 2.21. The lowest BCUT2D eigenvalue weighted by molar-refractivity contribution is -0.258. The normalized spacial score (nSPS) is 20.1. The SMILES string of the molecule is OC(F)(F)C(F)C(F)C(F)C(F)F. The lowest BCUT2D eigenvalue weighted by Gasteiger charge is -2.20. The van der Waals surface area contributed by atoms with E-state index in [2.05, 4.69) is 0 Å². The summed E-state index contributed by atoms with van der Waals surface area (Å²) in [5.74, 6) is 0. The predicted molar refractivity (Wildman–Crippen MR) is 27.9 cm³/mol. The Kier molecular flexibility index (Phi) is 3.95. The van der Waals surface area contributed by atoms with Crippen LogP contribution in [0.3, 0.4) is 0 Å². The molecule has 0 heterocycles. The van der Waals surface area contributed by atoms with Gasteiger partial charge in [-0.25, -0.2) is 22.0 Å². The minimum Gasteiger partial charge on any atom is -0.334 e. The summed E-state index contributed by atoms with van der Waals surface area (Å²) in [4.78, 5) is 0. The molecule has 0 spiro atoms. The van der Waals surface area contributed by atoms with Crippen molar-refractivity contribution in [1.29, 1.82) is 0 Å². The molecular formula is C5H5F7O. The molecule has 8 heteroatoms. The third-order valence-electron chi connectivity index (χ3n) is 1.16. The van der Waals surface area contributed by atoms with E-state index in [9.17, 15) is 30.7 Å². The summed E-state index contributed by atoms with van der Waals surface area (Å²) in [6.45, 7) is 0. The van der Waals surface area contributed by atoms with Crippen LogP contribution < -0.4 is 0 Å². The maximum Gasteiger partial charge on any atom is 0.387 e. The number of halogens is 7. The van der Waals surface area contributed by atoms with Crippen LogP contribution in [0.15, 0.2) is 0 Å². The van der Waals surface area contributed by atoms with Crippen molar-refractivity contribution < 1.29 is 35.8 Å². The lowest BCUT2D eigenvalue weighted by Crippen LogP contribution is -2.43. The summed E-state index contributed by atoms with van der Waals surface area (Å²) in [6.07, 6.45) is -20.5. The van der Waals surface area contributed by atoms with Gasteiger partial charge in [-0.2, -0.15) is 8.78 Å². The van der Waals surface area contributed by atoms with Gasteiger partial charge in [-0.3, -0.25) is 0 Å². The zero-order valence-corrected chi connectivity index (χ0v) is 5.90. The maximum absolute atomic E-state index is 12.1. The van der Waals surface area contributed by atoms with Gasteiger partial charge < -0.3 is 5.11 Å². The lowest BCUT2D eigenvalue weighted by atomic mass is 10.1. The Morgan fingerprint density at radius 1 is 0.846 bits per heavy atom. The molecular weight excluding hydrogens is 209 g/mol. The first-order valence-electron chi connectivity index (χ1n) is 2.98. The van der Waals surface area contributed by atoms with Crippen molar-refractivity contribution in [3.8, 4) is 0 Å². The zero-order valence-electron chi connectivity index (χ0n) is 5.90. The van der Waals surface area contributed by atoms with Gasteiger partial charge in [-0.15, -0.1) is 0 Å². The van der Waals surface area contributed by atoms with Crippen LogP contribution in [0.25, 0.3) is 0 Å². The van der Waals surface area contributed by atoms with Gasteiger partial charge in [0.25, 0.3) is 6.43 Å². The maximum atomic E-state index is 12.1. The first-order valence-corrected chi connectivity index (χ1v) is 2.98. The highest BCUT2D eigenvalue weighted by molar-refractivity contribution is 4.82. The third kappa shape index (κ3) is 3.37. The molecule has 0 aromatic rings. The molecule has 0 radical (unpaired) electrons. The van der Waals surface area contributed by atoms with E-state index in [0.29, 0.717) is 0 Å². The van der Waals surface area contributed by atoms with Gasteiger partial charge in [-0.05, 0) is 0 Å². The van der Waals surface area contributed by atoms with Crippen LogP contribution in [0.5, 0.6) is 0 Å². The highest BCUT2D eigenvalue weighted by Crippen LogP contribution is 2.27. The van der Waals surface area contributed by atoms with Gasteiger partial charge in [0, 0.05) is 0 Å². The Labute approximate surface area is 68.2 Å². The Morgan fingerprint density at radius 2 is 1.23 bits per heavy atom. The molecule has 0 aliphatic carbocycles. The van der Waals surface area contributed by atoms with Crippen LogP contribution in [0.2, 0.25) is 0 Å². The Bertz CT molecular complexity index is 155. The average Bonchev–Trinajstić information content (AvgIpc) is 1.98. The minimum atomic E-state index is -5.17. The highest BCUT2D eigenvalue weighted by atomic mass is 19.3. The molecule has 3 atom stereocenters. The van der Waals surface area contributed by atoms with Crippen LogP contribution in [0.1, 0.15) is 0 Å². The van der Waals surface area contributed by atoms with E-state index in [-0.39, 0.29) is 0 Å². The van der Waals surface area contributed by atoms with E-state index < -0.39 is 31.0 Å². The standard InChI is InChI=1S/C5H5F7O/c6-1(2(7)4(9)10)3(8)5(11,12)13/h1-4,13H. The van der Waals surface area contributed by atoms with Gasteiger partial charge in [0.2, 0.25) is 6.17 Å². The van der Waals surface area contributed by atoms with E-state index >= 15 is 0 Å². The first-order chi connectivity index (χ1) is 5.68. The topological polar surface area (TPSA) is 20.2 Å².